The minimum absolute atomic E-state index is 0.0476. The van der Waals surface area contributed by atoms with Gasteiger partial charge in [0, 0.05) is 29.1 Å². The van der Waals surface area contributed by atoms with Gasteiger partial charge in [-0.1, -0.05) is 12.1 Å². The summed E-state index contributed by atoms with van der Waals surface area (Å²) >= 11 is 3.10. The van der Waals surface area contributed by atoms with Gasteiger partial charge in [-0.2, -0.15) is 11.8 Å². The lowest BCUT2D eigenvalue weighted by atomic mass is 10.2. The molecule has 2 heterocycles. The third-order valence-electron chi connectivity index (χ3n) is 2.79. The fraction of sp³-hybridized carbons (Fsp3) is 0.143. The molecule has 0 atom stereocenters. The van der Waals surface area contributed by atoms with E-state index in [9.17, 15) is 9.18 Å². The molecule has 0 fully saturated rings. The highest BCUT2D eigenvalue weighted by Crippen LogP contribution is 2.17. The predicted octanol–water partition coefficient (Wildman–Crippen LogP) is 3.33. The second kappa shape index (κ2) is 5.76. The molecule has 0 saturated carbocycles. The van der Waals surface area contributed by atoms with Crippen LogP contribution in [0.2, 0.25) is 0 Å². The summed E-state index contributed by atoms with van der Waals surface area (Å²) < 4.78 is 14.3. The number of rotatable bonds is 4. The third kappa shape index (κ3) is 2.91. The average molecular weight is 306 g/mol. The zero-order valence-corrected chi connectivity index (χ0v) is 12.1. The fourth-order valence-corrected chi connectivity index (χ4v) is 3.44. The summed E-state index contributed by atoms with van der Waals surface area (Å²) in [6.45, 7) is 0. The monoisotopic (exact) mass is 306 g/mol. The van der Waals surface area contributed by atoms with Gasteiger partial charge in [-0.25, -0.2) is 9.37 Å². The quantitative estimate of drug-likeness (QED) is 0.741. The molecule has 0 N–H and O–H groups in total. The predicted molar refractivity (Wildman–Crippen MR) is 80.7 cm³/mol. The lowest BCUT2D eigenvalue weighted by Gasteiger charge is -2.02. The highest BCUT2D eigenvalue weighted by Gasteiger charge is 2.03. The van der Waals surface area contributed by atoms with Crippen LogP contribution in [0, 0.1) is 5.82 Å². The van der Waals surface area contributed by atoms with Crippen LogP contribution in [-0.2, 0) is 11.5 Å². The van der Waals surface area contributed by atoms with E-state index in [1.54, 1.807) is 40.6 Å². The van der Waals surface area contributed by atoms with Gasteiger partial charge in [-0.15, -0.1) is 11.3 Å². The van der Waals surface area contributed by atoms with Crippen LogP contribution < -0.4 is 5.56 Å². The molecule has 3 nitrogen and oxygen atoms in total. The van der Waals surface area contributed by atoms with Gasteiger partial charge >= 0.3 is 0 Å². The molecule has 0 bridgehead atoms. The molecule has 3 aromatic rings. The van der Waals surface area contributed by atoms with Crippen molar-refractivity contribution in [2.45, 2.75) is 11.5 Å². The van der Waals surface area contributed by atoms with Crippen molar-refractivity contribution < 1.29 is 4.39 Å². The van der Waals surface area contributed by atoms with Crippen molar-refractivity contribution in [3.8, 4) is 0 Å². The molecular weight excluding hydrogens is 295 g/mol. The van der Waals surface area contributed by atoms with E-state index in [0.29, 0.717) is 5.75 Å². The van der Waals surface area contributed by atoms with Gasteiger partial charge in [-0.3, -0.25) is 9.20 Å². The highest BCUT2D eigenvalue weighted by atomic mass is 32.2. The van der Waals surface area contributed by atoms with E-state index in [-0.39, 0.29) is 11.4 Å². The summed E-state index contributed by atoms with van der Waals surface area (Å²) in [4.78, 5) is 17.0. The zero-order valence-electron chi connectivity index (χ0n) is 10.5. The molecular formula is C14H11FN2OS2. The molecule has 0 unspecified atom stereocenters. The second-order valence-electron chi connectivity index (χ2n) is 4.26. The molecule has 2 aromatic heterocycles. The maximum absolute atomic E-state index is 12.8. The molecule has 0 saturated heterocycles. The normalized spacial score (nSPS) is 11.1. The standard InChI is InChI=1S/C14H11FN2OS2/c15-11-3-1-10(2-4-11)8-19-9-12-7-13(18)17-5-6-20-14(17)16-12/h1-7H,8-9H2. The van der Waals surface area contributed by atoms with E-state index in [1.165, 1.54) is 23.5 Å². The lowest BCUT2D eigenvalue weighted by Crippen LogP contribution is -2.12. The van der Waals surface area contributed by atoms with E-state index in [1.807, 2.05) is 5.38 Å². The SMILES string of the molecule is O=c1cc(CSCc2ccc(F)cc2)nc2sccn12. The van der Waals surface area contributed by atoms with Gasteiger partial charge in [0.1, 0.15) is 5.82 Å². The molecule has 20 heavy (non-hydrogen) atoms. The van der Waals surface area contributed by atoms with E-state index in [2.05, 4.69) is 4.98 Å². The van der Waals surface area contributed by atoms with Gasteiger partial charge in [0.2, 0.25) is 0 Å². The molecule has 1 aromatic carbocycles. The van der Waals surface area contributed by atoms with Crippen molar-refractivity contribution in [3.63, 3.8) is 0 Å². The minimum Gasteiger partial charge on any atom is -0.269 e. The van der Waals surface area contributed by atoms with Crippen molar-refractivity contribution >= 4 is 28.1 Å². The maximum Gasteiger partial charge on any atom is 0.258 e. The number of hydrogen-bond acceptors (Lipinski definition) is 4. The molecule has 0 spiro atoms. The van der Waals surface area contributed by atoms with Gasteiger partial charge in [0.05, 0.1) is 5.69 Å². The number of nitrogens with zero attached hydrogens (tertiary/aromatic N) is 2. The zero-order chi connectivity index (χ0) is 13.9. The Labute approximate surface area is 123 Å². The van der Waals surface area contributed by atoms with E-state index >= 15 is 0 Å². The minimum atomic E-state index is -0.225. The Kier molecular flexibility index (Phi) is 3.84. The van der Waals surface area contributed by atoms with Gasteiger partial charge in [0.15, 0.2) is 4.96 Å². The van der Waals surface area contributed by atoms with Crippen molar-refractivity contribution in [2.24, 2.45) is 0 Å². The molecule has 3 rings (SSSR count). The fourth-order valence-electron chi connectivity index (χ4n) is 1.82. The molecule has 6 heteroatoms. The van der Waals surface area contributed by atoms with E-state index < -0.39 is 0 Å². The Hall–Kier alpha value is -1.66. The smallest absolute Gasteiger partial charge is 0.258 e. The number of thiazole rings is 1. The first-order chi connectivity index (χ1) is 9.72. The van der Waals surface area contributed by atoms with Gasteiger partial charge < -0.3 is 0 Å². The van der Waals surface area contributed by atoms with Crippen LogP contribution in [0.5, 0.6) is 0 Å². The van der Waals surface area contributed by atoms with Crippen LogP contribution in [0.3, 0.4) is 0 Å². The van der Waals surface area contributed by atoms with E-state index in [4.69, 9.17) is 0 Å². The van der Waals surface area contributed by atoms with Crippen LogP contribution in [0.15, 0.2) is 46.7 Å². The first-order valence-corrected chi connectivity index (χ1v) is 8.04. The Bertz CT molecular complexity index is 780. The first-order valence-electron chi connectivity index (χ1n) is 6.00. The van der Waals surface area contributed by atoms with Crippen molar-refractivity contribution in [3.05, 3.63) is 69.3 Å². The summed E-state index contributed by atoms with van der Waals surface area (Å²) in [6.07, 6.45) is 1.73. The van der Waals surface area contributed by atoms with Crippen LogP contribution in [0.1, 0.15) is 11.3 Å². The number of aromatic nitrogens is 2. The topological polar surface area (TPSA) is 34.4 Å². The summed E-state index contributed by atoms with van der Waals surface area (Å²) in [5.74, 6) is 1.21. The molecule has 0 amide bonds. The Morgan fingerprint density at radius 2 is 2.05 bits per heavy atom. The molecule has 102 valence electrons. The van der Waals surface area contributed by atoms with Crippen molar-refractivity contribution in [1.82, 2.24) is 9.38 Å². The molecule has 0 aliphatic rings. The van der Waals surface area contributed by atoms with Crippen LogP contribution in [-0.4, -0.2) is 9.38 Å². The highest BCUT2D eigenvalue weighted by molar-refractivity contribution is 7.97. The summed E-state index contributed by atoms with van der Waals surface area (Å²) in [7, 11) is 0. The second-order valence-corrected chi connectivity index (χ2v) is 6.12. The number of hydrogen-bond donors (Lipinski definition) is 0. The number of benzene rings is 1. The Balaban J connectivity index is 1.67. The van der Waals surface area contributed by atoms with Crippen molar-refractivity contribution in [1.29, 1.82) is 0 Å². The third-order valence-corrected chi connectivity index (χ3v) is 4.58. The Morgan fingerprint density at radius 3 is 2.85 bits per heavy atom. The lowest BCUT2D eigenvalue weighted by molar-refractivity contribution is 0.627. The summed E-state index contributed by atoms with van der Waals surface area (Å²) in [5.41, 5.74) is 1.79. The van der Waals surface area contributed by atoms with E-state index in [0.717, 1.165) is 22.0 Å². The average Bonchev–Trinajstić information content (AvgIpc) is 2.90. The number of halogens is 1. The number of thioether (sulfide) groups is 1. The summed E-state index contributed by atoms with van der Waals surface area (Å²) in [6, 6.07) is 8.02. The molecule has 0 aliphatic heterocycles. The first kappa shape index (κ1) is 13.3. The van der Waals surface area contributed by atoms with Gasteiger partial charge in [-0.05, 0) is 17.7 Å². The maximum atomic E-state index is 12.8. The van der Waals surface area contributed by atoms with Crippen molar-refractivity contribution in [2.75, 3.05) is 0 Å². The molecule has 0 aliphatic carbocycles. The number of fused-ring (bicyclic) bond motifs is 1. The van der Waals surface area contributed by atoms with Crippen LogP contribution >= 0.6 is 23.1 Å². The largest absolute Gasteiger partial charge is 0.269 e. The van der Waals surface area contributed by atoms with Crippen LogP contribution in [0.25, 0.3) is 4.96 Å². The van der Waals surface area contributed by atoms with Crippen LogP contribution in [0.4, 0.5) is 4.39 Å². The summed E-state index contributed by atoms with van der Waals surface area (Å²) in [5, 5.41) is 1.85. The van der Waals surface area contributed by atoms with Gasteiger partial charge in [0.25, 0.3) is 5.56 Å². The molecule has 0 radical (unpaired) electrons. The Morgan fingerprint density at radius 1 is 1.25 bits per heavy atom.